The van der Waals surface area contributed by atoms with E-state index in [2.05, 4.69) is 41.9 Å². The minimum Gasteiger partial charge on any atom is -0.497 e. The first-order valence-electron chi connectivity index (χ1n) is 5.05. The van der Waals surface area contributed by atoms with Crippen LogP contribution in [0.25, 0.3) is 0 Å². The molecule has 0 bridgehead atoms. The van der Waals surface area contributed by atoms with Crippen LogP contribution in [0.5, 0.6) is 5.75 Å². The highest BCUT2D eigenvalue weighted by Gasteiger charge is 2.10. The van der Waals surface area contributed by atoms with Crippen molar-refractivity contribution in [1.82, 2.24) is 20.6 Å². The quantitative estimate of drug-likeness (QED) is 0.883. The summed E-state index contributed by atoms with van der Waals surface area (Å²) in [5.41, 5.74) is 0.815. The topological polar surface area (TPSA) is 92.8 Å². The van der Waals surface area contributed by atoms with Crippen LogP contribution in [-0.4, -0.2) is 33.6 Å². The fourth-order valence-electron chi connectivity index (χ4n) is 1.37. The standard InChI is InChI=1S/C10H10BrN5O2/c1-18-7-2-3-8(11)6(4-7)5-9(17)12-10-13-15-16-14-10/h2-4H,5H2,1H3,(H2,12,13,14,15,16,17). The van der Waals surface area contributed by atoms with Crippen molar-refractivity contribution in [3.63, 3.8) is 0 Å². The normalized spacial score (nSPS) is 10.1. The lowest BCUT2D eigenvalue weighted by molar-refractivity contribution is -0.115. The van der Waals surface area contributed by atoms with Gasteiger partial charge in [-0.1, -0.05) is 21.0 Å². The van der Waals surface area contributed by atoms with E-state index in [9.17, 15) is 4.79 Å². The third-order valence-electron chi connectivity index (χ3n) is 2.20. The molecule has 2 aromatic rings. The van der Waals surface area contributed by atoms with Gasteiger partial charge in [0.1, 0.15) is 5.75 Å². The zero-order chi connectivity index (χ0) is 13.0. The molecule has 0 fully saturated rings. The molecule has 0 saturated heterocycles. The van der Waals surface area contributed by atoms with E-state index in [0.717, 1.165) is 10.0 Å². The zero-order valence-corrected chi connectivity index (χ0v) is 11.1. The number of hydrogen-bond acceptors (Lipinski definition) is 5. The number of carbonyl (C=O) groups is 1. The lowest BCUT2D eigenvalue weighted by Gasteiger charge is -2.06. The predicted octanol–water partition coefficient (Wildman–Crippen LogP) is 1.15. The Labute approximate surface area is 111 Å². The van der Waals surface area contributed by atoms with Crippen molar-refractivity contribution in [1.29, 1.82) is 0 Å². The molecule has 1 amide bonds. The van der Waals surface area contributed by atoms with Crippen LogP contribution >= 0.6 is 15.9 Å². The first kappa shape index (κ1) is 12.5. The number of aromatic nitrogens is 4. The molecule has 7 nitrogen and oxygen atoms in total. The molecule has 0 radical (unpaired) electrons. The number of amides is 1. The SMILES string of the molecule is COc1ccc(Br)c(CC(=O)Nc2nn[nH]n2)c1. The maximum atomic E-state index is 11.7. The summed E-state index contributed by atoms with van der Waals surface area (Å²) in [6.45, 7) is 0. The van der Waals surface area contributed by atoms with Gasteiger partial charge in [-0.3, -0.25) is 10.1 Å². The van der Waals surface area contributed by atoms with Crippen LogP contribution in [0.4, 0.5) is 5.95 Å². The van der Waals surface area contributed by atoms with Gasteiger partial charge >= 0.3 is 0 Å². The molecule has 94 valence electrons. The summed E-state index contributed by atoms with van der Waals surface area (Å²) in [6.07, 6.45) is 0.187. The van der Waals surface area contributed by atoms with Crippen molar-refractivity contribution < 1.29 is 9.53 Å². The Hall–Kier alpha value is -1.96. The monoisotopic (exact) mass is 311 g/mol. The fraction of sp³-hybridized carbons (Fsp3) is 0.200. The molecular formula is C10H10BrN5O2. The van der Waals surface area contributed by atoms with Gasteiger partial charge in [0.15, 0.2) is 0 Å². The van der Waals surface area contributed by atoms with E-state index in [1.165, 1.54) is 0 Å². The Morgan fingerprint density at radius 1 is 1.56 bits per heavy atom. The number of anilines is 1. The predicted molar refractivity (Wildman–Crippen MR) is 67.2 cm³/mol. The summed E-state index contributed by atoms with van der Waals surface area (Å²) >= 11 is 3.38. The number of tetrazole rings is 1. The molecule has 0 atom stereocenters. The van der Waals surface area contributed by atoms with Crippen LogP contribution in [-0.2, 0) is 11.2 Å². The lowest BCUT2D eigenvalue weighted by atomic mass is 10.1. The van der Waals surface area contributed by atoms with Gasteiger partial charge in [-0.2, -0.15) is 5.21 Å². The number of aromatic amines is 1. The number of rotatable bonds is 4. The van der Waals surface area contributed by atoms with Gasteiger partial charge in [0.2, 0.25) is 5.91 Å². The molecule has 0 saturated carbocycles. The van der Waals surface area contributed by atoms with Gasteiger partial charge in [-0.15, -0.1) is 5.10 Å². The molecule has 2 N–H and O–H groups in total. The summed E-state index contributed by atoms with van der Waals surface area (Å²) in [7, 11) is 1.58. The van der Waals surface area contributed by atoms with Gasteiger partial charge in [-0.05, 0) is 29.0 Å². The molecule has 1 aromatic heterocycles. The van der Waals surface area contributed by atoms with Crippen LogP contribution in [0.3, 0.4) is 0 Å². The summed E-state index contributed by atoms with van der Waals surface area (Å²) in [5, 5.41) is 15.4. The van der Waals surface area contributed by atoms with Gasteiger partial charge in [-0.25, -0.2) is 0 Å². The minimum absolute atomic E-state index is 0.152. The molecule has 0 unspecified atom stereocenters. The van der Waals surface area contributed by atoms with Crippen molar-refractivity contribution in [2.45, 2.75) is 6.42 Å². The van der Waals surface area contributed by atoms with E-state index in [4.69, 9.17) is 4.74 Å². The highest BCUT2D eigenvalue weighted by Crippen LogP contribution is 2.23. The summed E-state index contributed by atoms with van der Waals surface area (Å²) in [4.78, 5) is 11.7. The van der Waals surface area contributed by atoms with E-state index in [1.54, 1.807) is 13.2 Å². The molecule has 8 heteroatoms. The van der Waals surface area contributed by atoms with Crippen molar-refractivity contribution >= 4 is 27.8 Å². The Kier molecular flexibility index (Phi) is 3.88. The highest BCUT2D eigenvalue weighted by atomic mass is 79.9. The van der Waals surface area contributed by atoms with Gasteiger partial charge < -0.3 is 4.74 Å². The third kappa shape index (κ3) is 3.04. The number of ether oxygens (including phenoxy) is 1. The number of H-pyrrole nitrogens is 1. The highest BCUT2D eigenvalue weighted by molar-refractivity contribution is 9.10. The second-order valence-electron chi connectivity index (χ2n) is 3.42. The van der Waals surface area contributed by atoms with Crippen LogP contribution in [0.15, 0.2) is 22.7 Å². The van der Waals surface area contributed by atoms with Crippen LogP contribution in [0.2, 0.25) is 0 Å². The van der Waals surface area contributed by atoms with E-state index < -0.39 is 0 Å². The molecule has 0 aliphatic rings. The number of methoxy groups -OCH3 is 1. The van der Waals surface area contributed by atoms with E-state index in [1.807, 2.05) is 12.1 Å². The van der Waals surface area contributed by atoms with E-state index in [-0.39, 0.29) is 18.3 Å². The average molecular weight is 312 g/mol. The Morgan fingerprint density at radius 3 is 3.06 bits per heavy atom. The van der Waals surface area contributed by atoms with Crippen molar-refractivity contribution in [3.8, 4) is 5.75 Å². The molecule has 0 aliphatic carbocycles. The van der Waals surface area contributed by atoms with Gasteiger partial charge in [0.05, 0.1) is 13.5 Å². The maximum Gasteiger partial charge on any atom is 0.269 e. The zero-order valence-electron chi connectivity index (χ0n) is 9.48. The number of nitrogens with one attached hydrogen (secondary N) is 2. The third-order valence-corrected chi connectivity index (χ3v) is 2.97. The van der Waals surface area contributed by atoms with E-state index >= 15 is 0 Å². The molecule has 1 heterocycles. The average Bonchev–Trinajstić information content (AvgIpc) is 2.84. The molecular weight excluding hydrogens is 302 g/mol. The van der Waals surface area contributed by atoms with Gasteiger partial charge in [0.25, 0.3) is 5.95 Å². The Balaban J connectivity index is 2.06. The van der Waals surface area contributed by atoms with Crippen molar-refractivity contribution in [2.75, 3.05) is 12.4 Å². The summed E-state index contributed by atoms with van der Waals surface area (Å²) < 4.78 is 5.94. The first-order chi connectivity index (χ1) is 8.69. The number of carbonyl (C=O) groups excluding carboxylic acids is 1. The van der Waals surface area contributed by atoms with E-state index in [0.29, 0.717) is 5.75 Å². The number of benzene rings is 1. The molecule has 18 heavy (non-hydrogen) atoms. The Bertz CT molecular complexity index is 543. The summed E-state index contributed by atoms with van der Waals surface area (Å²) in [6, 6.07) is 5.43. The number of hydrogen-bond donors (Lipinski definition) is 2. The summed E-state index contributed by atoms with van der Waals surface area (Å²) in [5.74, 6) is 0.616. The number of nitrogens with zero attached hydrogens (tertiary/aromatic N) is 3. The van der Waals surface area contributed by atoms with Crippen LogP contribution < -0.4 is 10.1 Å². The second kappa shape index (κ2) is 5.58. The van der Waals surface area contributed by atoms with Crippen LogP contribution in [0.1, 0.15) is 5.56 Å². The molecule has 0 aliphatic heterocycles. The largest absolute Gasteiger partial charge is 0.497 e. The minimum atomic E-state index is -0.231. The van der Waals surface area contributed by atoms with Crippen LogP contribution in [0, 0.1) is 0 Å². The maximum absolute atomic E-state index is 11.7. The Morgan fingerprint density at radius 2 is 2.39 bits per heavy atom. The smallest absolute Gasteiger partial charge is 0.269 e. The molecule has 1 aromatic carbocycles. The van der Waals surface area contributed by atoms with Gasteiger partial charge in [0, 0.05) is 4.47 Å². The lowest BCUT2D eigenvalue weighted by Crippen LogP contribution is -2.15. The van der Waals surface area contributed by atoms with Crippen molar-refractivity contribution in [2.24, 2.45) is 0 Å². The second-order valence-corrected chi connectivity index (χ2v) is 4.27. The molecule has 2 rings (SSSR count). The number of halogens is 1. The first-order valence-corrected chi connectivity index (χ1v) is 5.84. The fourth-order valence-corrected chi connectivity index (χ4v) is 1.76. The molecule has 0 spiro atoms. The van der Waals surface area contributed by atoms with Crippen molar-refractivity contribution in [3.05, 3.63) is 28.2 Å².